The van der Waals surface area contributed by atoms with E-state index in [9.17, 15) is 14.4 Å². The van der Waals surface area contributed by atoms with Crippen molar-refractivity contribution in [2.24, 2.45) is 5.16 Å². The highest BCUT2D eigenvalue weighted by molar-refractivity contribution is 8.00. The molecule has 3 N–H and O–H groups in total. The highest BCUT2D eigenvalue weighted by atomic mass is 32.2. The van der Waals surface area contributed by atoms with Crippen molar-refractivity contribution in [3.05, 3.63) is 137 Å². The van der Waals surface area contributed by atoms with Crippen LogP contribution in [0.2, 0.25) is 0 Å². The van der Waals surface area contributed by atoms with Gasteiger partial charge in [-0.3, -0.25) is 19.5 Å². The Kier molecular flexibility index (Phi) is 9.22. The van der Waals surface area contributed by atoms with Crippen LogP contribution in [0, 0.1) is 0 Å². The molecular formula is C33H28N6O5S2. The van der Waals surface area contributed by atoms with Crippen LogP contribution in [0.3, 0.4) is 0 Å². The van der Waals surface area contributed by atoms with Gasteiger partial charge in [0, 0.05) is 17.3 Å². The summed E-state index contributed by atoms with van der Waals surface area (Å²) in [6.07, 6.45) is 2.46. The predicted molar refractivity (Wildman–Crippen MR) is 175 cm³/mol. The second kappa shape index (κ2) is 13.8. The van der Waals surface area contributed by atoms with E-state index in [0.29, 0.717) is 17.0 Å². The number of oxime groups is 1. The number of nitrogens with zero attached hydrogens (tertiary/aromatic N) is 4. The number of carbonyl (C=O) groups excluding carboxylic acids is 3. The van der Waals surface area contributed by atoms with Gasteiger partial charge in [-0.05, 0) is 28.8 Å². The molecule has 2 amide bonds. The maximum absolute atomic E-state index is 13.8. The number of nitrogens with two attached hydrogens (primary N) is 1. The van der Waals surface area contributed by atoms with Crippen molar-refractivity contribution >= 4 is 51.7 Å². The van der Waals surface area contributed by atoms with Crippen LogP contribution in [-0.2, 0) is 30.6 Å². The second-order valence-electron chi connectivity index (χ2n) is 10.2. The van der Waals surface area contributed by atoms with Gasteiger partial charge < -0.3 is 20.6 Å². The Morgan fingerprint density at radius 1 is 1.09 bits per heavy atom. The molecule has 46 heavy (non-hydrogen) atoms. The molecule has 0 saturated carbocycles. The van der Waals surface area contributed by atoms with Crippen LogP contribution in [0.15, 0.2) is 120 Å². The Bertz CT molecular complexity index is 1770. The van der Waals surface area contributed by atoms with Crippen LogP contribution in [-0.4, -0.2) is 55.5 Å². The Balaban J connectivity index is 1.21. The number of thiazole rings is 1. The number of fused-ring (bicyclic) bond motifs is 1. The number of thioether (sulfide) groups is 1. The number of benzene rings is 2. The fraction of sp³-hybridized carbons (Fsp3) is 0.152. The minimum Gasteiger partial charge on any atom is -0.448 e. The lowest BCUT2D eigenvalue weighted by molar-refractivity contribution is -0.154. The molecule has 0 spiro atoms. The standard InChI is InChI=1S/C33H28N6O5S2/c1-2-20-18-45-31-26(37-29(40)25(24-19-46-33(34)36-24)38-43-17-23-15-9-10-16-35-23)30(41)39(31)27(20)32(42)44-28(21-11-5-3-6-12-21)22-13-7-4-8-14-22/h2-16,19,26,28,31H,1,17-18H2,(H2,34,36)(H,37,40)/t26?,31-/m0/s1. The number of carbonyl (C=O) groups is 3. The molecule has 1 unspecified atom stereocenters. The number of nitrogen functional groups attached to an aromatic ring is 1. The highest BCUT2D eigenvalue weighted by Crippen LogP contribution is 2.42. The third kappa shape index (κ3) is 6.41. The summed E-state index contributed by atoms with van der Waals surface area (Å²) in [5.74, 6) is -1.44. The number of β-lactam (4-membered cyclic amide) rings is 1. The van der Waals surface area contributed by atoms with Gasteiger partial charge in [0.15, 0.2) is 23.6 Å². The summed E-state index contributed by atoms with van der Waals surface area (Å²) in [7, 11) is 0. The third-order valence-electron chi connectivity index (χ3n) is 7.23. The summed E-state index contributed by atoms with van der Waals surface area (Å²) in [5.41, 5.74) is 8.70. The maximum Gasteiger partial charge on any atom is 0.356 e. The molecule has 2 aromatic heterocycles. The Morgan fingerprint density at radius 2 is 1.78 bits per heavy atom. The molecule has 0 aliphatic carbocycles. The number of esters is 1. The van der Waals surface area contributed by atoms with Gasteiger partial charge in [-0.1, -0.05) is 84.5 Å². The van der Waals surface area contributed by atoms with Gasteiger partial charge in [0.1, 0.15) is 22.8 Å². The van der Waals surface area contributed by atoms with Gasteiger partial charge in [0.05, 0.1) is 5.69 Å². The number of amides is 2. The first-order valence-electron chi connectivity index (χ1n) is 14.2. The molecule has 0 radical (unpaired) electrons. The van der Waals surface area contributed by atoms with Gasteiger partial charge >= 0.3 is 5.97 Å². The molecule has 2 aromatic carbocycles. The first kappa shape index (κ1) is 30.7. The van der Waals surface area contributed by atoms with E-state index in [0.717, 1.165) is 22.5 Å². The van der Waals surface area contributed by atoms with Crippen LogP contribution in [0.25, 0.3) is 0 Å². The van der Waals surface area contributed by atoms with Crippen molar-refractivity contribution < 1.29 is 24.0 Å². The Morgan fingerprint density at radius 3 is 2.39 bits per heavy atom. The van der Waals surface area contributed by atoms with E-state index in [4.69, 9.17) is 15.3 Å². The number of ether oxygens (including phenoxy) is 1. The molecule has 0 bridgehead atoms. The summed E-state index contributed by atoms with van der Waals surface area (Å²) >= 11 is 2.54. The topological polar surface area (TPSA) is 149 Å². The van der Waals surface area contributed by atoms with Gasteiger partial charge in [0.2, 0.25) is 0 Å². The van der Waals surface area contributed by atoms with Crippen molar-refractivity contribution in [3.8, 4) is 0 Å². The quantitative estimate of drug-likeness (QED) is 0.105. The van der Waals surface area contributed by atoms with E-state index >= 15 is 0 Å². The van der Waals surface area contributed by atoms with Crippen LogP contribution in [0.4, 0.5) is 5.13 Å². The van der Waals surface area contributed by atoms with Crippen molar-refractivity contribution in [2.75, 3.05) is 11.5 Å². The molecule has 2 aliphatic rings. The first-order valence-corrected chi connectivity index (χ1v) is 16.1. The molecular weight excluding hydrogens is 625 g/mol. The fourth-order valence-electron chi connectivity index (χ4n) is 4.99. The van der Waals surface area contributed by atoms with Crippen molar-refractivity contribution in [1.29, 1.82) is 0 Å². The van der Waals surface area contributed by atoms with Crippen molar-refractivity contribution in [3.63, 3.8) is 0 Å². The van der Waals surface area contributed by atoms with E-state index in [1.165, 1.54) is 16.7 Å². The zero-order valence-electron chi connectivity index (χ0n) is 24.3. The molecule has 4 aromatic rings. The number of nitrogens with one attached hydrogen (secondary N) is 1. The zero-order chi connectivity index (χ0) is 32.0. The van der Waals surface area contributed by atoms with Crippen molar-refractivity contribution in [1.82, 2.24) is 20.2 Å². The number of anilines is 1. The molecule has 1 saturated heterocycles. The number of aromatic nitrogens is 2. The minimum atomic E-state index is -0.942. The smallest absolute Gasteiger partial charge is 0.356 e. The fourth-order valence-corrected chi connectivity index (χ4v) is 6.88. The summed E-state index contributed by atoms with van der Waals surface area (Å²) in [4.78, 5) is 56.1. The third-order valence-corrected chi connectivity index (χ3v) is 9.20. The van der Waals surface area contributed by atoms with Gasteiger partial charge in [-0.15, -0.1) is 23.1 Å². The number of rotatable bonds is 11. The molecule has 6 rings (SSSR count). The summed E-state index contributed by atoms with van der Waals surface area (Å²) in [5, 5.41) is 8.03. The molecule has 13 heteroatoms. The van der Waals surface area contributed by atoms with Crippen LogP contribution < -0.4 is 11.1 Å². The lowest BCUT2D eigenvalue weighted by Gasteiger charge is -2.49. The zero-order valence-corrected chi connectivity index (χ0v) is 25.9. The number of pyridine rings is 1. The Labute approximate surface area is 272 Å². The Hall–Kier alpha value is -5.27. The van der Waals surface area contributed by atoms with E-state index < -0.39 is 35.3 Å². The second-order valence-corrected chi connectivity index (χ2v) is 12.1. The lowest BCUT2D eigenvalue weighted by atomic mass is 10.0. The normalized spacial score (nSPS) is 17.6. The van der Waals surface area contributed by atoms with Crippen LogP contribution in [0.5, 0.6) is 0 Å². The summed E-state index contributed by atoms with van der Waals surface area (Å²) < 4.78 is 6.10. The lowest BCUT2D eigenvalue weighted by Crippen LogP contribution is -2.71. The van der Waals surface area contributed by atoms with Crippen molar-refractivity contribution in [2.45, 2.75) is 24.1 Å². The predicted octanol–water partition coefficient (Wildman–Crippen LogP) is 4.21. The van der Waals surface area contributed by atoms with E-state index in [-0.39, 0.29) is 28.8 Å². The molecule has 4 heterocycles. The number of hydrogen-bond acceptors (Lipinski definition) is 11. The van der Waals surface area contributed by atoms with Gasteiger partial charge in [0.25, 0.3) is 11.8 Å². The summed E-state index contributed by atoms with van der Waals surface area (Å²) in [6.45, 7) is 3.87. The van der Waals surface area contributed by atoms with Gasteiger partial charge in [-0.2, -0.15) is 0 Å². The average Bonchev–Trinajstić information content (AvgIpc) is 3.53. The largest absolute Gasteiger partial charge is 0.448 e. The minimum absolute atomic E-state index is 0.0133. The number of hydrogen-bond donors (Lipinski definition) is 2. The summed E-state index contributed by atoms with van der Waals surface area (Å²) in [6, 6.07) is 23.1. The van der Waals surface area contributed by atoms with E-state index in [2.05, 4.69) is 27.0 Å². The molecule has 2 atom stereocenters. The highest BCUT2D eigenvalue weighted by Gasteiger charge is 2.54. The average molecular weight is 653 g/mol. The molecule has 11 nitrogen and oxygen atoms in total. The van der Waals surface area contributed by atoms with E-state index in [1.54, 1.807) is 35.9 Å². The molecule has 1 fully saturated rings. The van der Waals surface area contributed by atoms with Crippen LogP contribution >= 0.6 is 23.1 Å². The number of allylic oxidation sites excluding steroid dienone is 1. The first-order chi connectivity index (χ1) is 22.4. The monoisotopic (exact) mass is 652 g/mol. The molecule has 232 valence electrons. The van der Waals surface area contributed by atoms with E-state index in [1.807, 2.05) is 60.7 Å². The SMILES string of the molecule is C=CC1=C(C(=O)OC(c2ccccc2)c2ccccc2)N2C(=O)C(NC(=O)C(=NOCc3ccccn3)c3csc(N)n3)[C@@H]2SC1. The maximum atomic E-state index is 13.8. The molecule has 2 aliphatic heterocycles. The van der Waals surface area contributed by atoms with Crippen LogP contribution in [0.1, 0.15) is 28.6 Å². The van der Waals surface area contributed by atoms with Gasteiger partial charge in [-0.25, -0.2) is 9.78 Å².